The van der Waals surface area contributed by atoms with Crippen molar-refractivity contribution in [1.82, 2.24) is 15.5 Å². The maximum Gasteiger partial charge on any atom is 0.490 e. The number of carboxylic acid groups (broad SMARTS) is 1. The van der Waals surface area contributed by atoms with E-state index in [0.717, 1.165) is 30.6 Å². The molecule has 1 aliphatic carbocycles. The van der Waals surface area contributed by atoms with Gasteiger partial charge in [-0.2, -0.15) is 13.2 Å². The van der Waals surface area contributed by atoms with Gasteiger partial charge in [-0.3, -0.25) is 9.59 Å². The zero-order valence-corrected chi connectivity index (χ0v) is 25.0. The molecule has 2 atom stereocenters. The molecule has 2 fully saturated rings. The van der Waals surface area contributed by atoms with E-state index in [1.54, 1.807) is 14.2 Å². The summed E-state index contributed by atoms with van der Waals surface area (Å²) in [6, 6.07) is 6.08. The maximum atomic E-state index is 13.6. The summed E-state index contributed by atoms with van der Waals surface area (Å²) >= 11 is 0. The molecule has 0 bridgehead atoms. The number of hydrogen-bond donors (Lipinski definition) is 3. The first-order chi connectivity index (χ1) is 19.6. The van der Waals surface area contributed by atoms with Gasteiger partial charge >= 0.3 is 12.1 Å². The van der Waals surface area contributed by atoms with E-state index in [1.807, 2.05) is 23.1 Å². The van der Waals surface area contributed by atoms with E-state index in [9.17, 15) is 22.8 Å². The van der Waals surface area contributed by atoms with Crippen molar-refractivity contribution in [3.8, 4) is 11.5 Å². The molecule has 1 saturated heterocycles. The number of alkyl halides is 3. The average molecular weight is 604 g/mol. The van der Waals surface area contributed by atoms with Crippen LogP contribution in [0, 0.1) is 11.3 Å². The SMILES string of the molecule is COCCCOc1cc(CN(C(=O)[C@@H]2CNC[C@H](NC(=O)CC(C)(C)C)C2)C2CC2)cc(OC)c1.O=C(O)C(F)(F)F. The molecule has 3 rings (SSSR count). The van der Waals surface area contributed by atoms with E-state index in [4.69, 9.17) is 24.1 Å². The smallest absolute Gasteiger partial charge is 0.490 e. The van der Waals surface area contributed by atoms with E-state index in [0.29, 0.717) is 51.4 Å². The Labute approximate surface area is 245 Å². The molecule has 238 valence electrons. The highest BCUT2D eigenvalue weighted by Gasteiger charge is 2.39. The highest BCUT2D eigenvalue weighted by molar-refractivity contribution is 5.80. The quantitative estimate of drug-likeness (QED) is 0.309. The number of hydrogen-bond acceptors (Lipinski definition) is 7. The van der Waals surface area contributed by atoms with Gasteiger partial charge in [-0.25, -0.2) is 4.79 Å². The van der Waals surface area contributed by atoms with Crippen molar-refractivity contribution in [1.29, 1.82) is 0 Å². The van der Waals surface area contributed by atoms with E-state index >= 15 is 0 Å². The number of aliphatic carboxylic acids is 1. The number of methoxy groups -OCH3 is 2. The molecule has 0 unspecified atom stereocenters. The Bertz CT molecular complexity index is 1040. The summed E-state index contributed by atoms with van der Waals surface area (Å²) in [5.74, 6) is -1.26. The summed E-state index contributed by atoms with van der Waals surface area (Å²) in [6.45, 7) is 9.23. The van der Waals surface area contributed by atoms with Crippen molar-refractivity contribution in [3.05, 3.63) is 23.8 Å². The number of nitrogens with zero attached hydrogens (tertiary/aromatic N) is 1. The van der Waals surface area contributed by atoms with E-state index < -0.39 is 12.1 Å². The molecule has 0 radical (unpaired) electrons. The maximum absolute atomic E-state index is 13.6. The number of carbonyl (C=O) groups is 3. The van der Waals surface area contributed by atoms with E-state index in [2.05, 4.69) is 31.4 Å². The van der Waals surface area contributed by atoms with Crippen molar-refractivity contribution < 1.29 is 46.9 Å². The van der Waals surface area contributed by atoms with Crippen molar-refractivity contribution >= 4 is 17.8 Å². The molecule has 2 aliphatic rings. The fraction of sp³-hybridized carbons (Fsp3) is 0.690. The van der Waals surface area contributed by atoms with Gasteiger partial charge in [0.1, 0.15) is 11.5 Å². The van der Waals surface area contributed by atoms with Crippen LogP contribution in [-0.4, -0.2) is 86.6 Å². The van der Waals surface area contributed by atoms with Crippen LogP contribution in [-0.2, 0) is 25.7 Å². The molecule has 1 saturated carbocycles. The largest absolute Gasteiger partial charge is 0.497 e. The highest BCUT2D eigenvalue weighted by Crippen LogP contribution is 2.32. The minimum Gasteiger partial charge on any atom is -0.497 e. The van der Waals surface area contributed by atoms with Crippen LogP contribution in [0.5, 0.6) is 11.5 Å². The number of rotatable bonds is 12. The molecular weight excluding hydrogens is 559 g/mol. The molecule has 2 amide bonds. The van der Waals surface area contributed by atoms with Crippen LogP contribution in [0.15, 0.2) is 18.2 Å². The number of amides is 2. The van der Waals surface area contributed by atoms with Crippen LogP contribution in [0.2, 0.25) is 0 Å². The lowest BCUT2D eigenvalue weighted by atomic mass is 9.90. The van der Waals surface area contributed by atoms with Crippen molar-refractivity contribution in [2.24, 2.45) is 11.3 Å². The van der Waals surface area contributed by atoms with Crippen molar-refractivity contribution in [3.63, 3.8) is 0 Å². The van der Waals surface area contributed by atoms with Gasteiger partial charge in [-0.05, 0) is 42.4 Å². The molecule has 1 heterocycles. The fourth-order valence-corrected chi connectivity index (χ4v) is 4.52. The summed E-state index contributed by atoms with van der Waals surface area (Å²) in [5, 5.41) is 13.6. The number of benzene rings is 1. The van der Waals surface area contributed by atoms with Gasteiger partial charge in [0.05, 0.1) is 19.6 Å². The van der Waals surface area contributed by atoms with Gasteiger partial charge in [0.15, 0.2) is 0 Å². The van der Waals surface area contributed by atoms with Gasteiger partial charge in [-0.15, -0.1) is 0 Å². The number of halogens is 3. The van der Waals surface area contributed by atoms with Gasteiger partial charge in [0.25, 0.3) is 0 Å². The second-order valence-corrected chi connectivity index (χ2v) is 11.8. The van der Waals surface area contributed by atoms with Gasteiger partial charge in [0.2, 0.25) is 11.8 Å². The standard InChI is InChI=1S/C27H43N3O5.C2HF3O2/c1-27(2,3)15-25(31)29-21-13-20(16-28-17-21)26(32)30(22-7-8-22)18-19-11-23(34-5)14-24(12-19)35-10-6-9-33-4;3-2(4,5)1(6)7/h11-12,14,20-22,28H,6-10,13,15-18H2,1-5H3,(H,29,31);(H,6,7)/t20-,21+;/m0./s1. The molecule has 0 spiro atoms. The van der Waals surface area contributed by atoms with Crippen LogP contribution < -0.4 is 20.1 Å². The Morgan fingerprint density at radius 1 is 1.05 bits per heavy atom. The summed E-state index contributed by atoms with van der Waals surface area (Å²) < 4.78 is 48.2. The zero-order valence-electron chi connectivity index (χ0n) is 25.0. The Morgan fingerprint density at radius 2 is 1.69 bits per heavy atom. The first kappa shape index (κ1) is 35.1. The van der Waals surface area contributed by atoms with Crippen LogP contribution in [0.25, 0.3) is 0 Å². The molecular formula is C29H44F3N3O7. The third-order valence-corrected chi connectivity index (χ3v) is 6.56. The van der Waals surface area contributed by atoms with Crippen LogP contribution >= 0.6 is 0 Å². The number of ether oxygens (including phenoxy) is 3. The monoisotopic (exact) mass is 603 g/mol. The van der Waals surface area contributed by atoms with Gasteiger partial charge in [-0.1, -0.05) is 20.8 Å². The second-order valence-electron chi connectivity index (χ2n) is 11.8. The zero-order chi connectivity index (χ0) is 31.5. The summed E-state index contributed by atoms with van der Waals surface area (Å²) in [5.41, 5.74) is 0.929. The van der Waals surface area contributed by atoms with Gasteiger partial charge < -0.3 is 34.9 Å². The summed E-state index contributed by atoms with van der Waals surface area (Å²) in [6.07, 6.45) is -1.08. The molecule has 3 N–H and O–H groups in total. The summed E-state index contributed by atoms with van der Waals surface area (Å²) in [7, 11) is 3.32. The number of carbonyl (C=O) groups excluding carboxylic acids is 2. The number of piperidine rings is 1. The first-order valence-corrected chi connectivity index (χ1v) is 14.0. The molecule has 13 heteroatoms. The van der Waals surface area contributed by atoms with Crippen LogP contribution in [0.1, 0.15) is 58.4 Å². The Balaban J connectivity index is 0.000000782. The molecule has 0 aromatic heterocycles. The lowest BCUT2D eigenvalue weighted by molar-refractivity contribution is -0.192. The van der Waals surface area contributed by atoms with Crippen molar-refractivity contribution in [2.75, 3.05) is 40.5 Å². The van der Waals surface area contributed by atoms with Gasteiger partial charge in [0, 0.05) is 64.3 Å². The normalized spacial score (nSPS) is 18.8. The lowest BCUT2D eigenvalue weighted by Gasteiger charge is -2.34. The molecule has 42 heavy (non-hydrogen) atoms. The minimum atomic E-state index is -5.08. The molecule has 1 aromatic carbocycles. The van der Waals surface area contributed by atoms with E-state index in [1.165, 1.54) is 0 Å². The number of nitrogens with one attached hydrogen (secondary N) is 2. The van der Waals surface area contributed by atoms with Crippen LogP contribution in [0.4, 0.5) is 13.2 Å². The highest BCUT2D eigenvalue weighted by atomic mass is 19.4. The Hall–Kier alpha value is -3.06. The average Bonchev–Trinajstić information content (AvgIpc) is 3.73. The summed E-state index contributed by atoms with van der Waals surface area (Å²) in [4.78, 5) is 37.0. The fourth-order valence-electron chi connectivity index (χ4n) is 4.52. The topological polar surface area (TPSA) is 126 Å². The third kappa shape index (κ3) is 12.8. The third-order valence-electron chi connectivity index (χ3n) is 6.56. The Morgan fingerprint density at radius 3 is 2.24 bits per heavy atom. The first-order valence-electron chi connectivity index (χ1n) is 14.0. The molecule has 1 aromatic rings. The van der Waals surface area contributed by atoms with Crippen molar-refractivity contribution in [2.45, 2.75) is 77.7 Å². The number of carboxylic acids is 1. The lowest BCUT2D eigenvalue weighted by Crippen LogP contribution is -2.53. The predicted molar refractivity (Wildman–Crippen MR) is 149 cm³/mol. The Kier molecular flexibility index (Phi) is 13.4. The van der Waals surface area contributed by atoms with E-state index in [-0.39, 0.29) is 35.2 Å². The minimum absolute atomic E-state index is 0.0301. The van der Waals surface area contributed by atoms with Crippen LogP contribution in [0.3, 0.4) is 0 Å². The predicted octanol–water partition coefficient (Wildman–Crippen LogP) is 3.77. The molecule has 10 nitrogen and oxygen atoms in total. The molecule has 1 aliphatic heterocycles. The second kappa shape index (κ2) is 16.0.